The number of nitrogens with zero attached hydrogens (tertiary/aromatic N) is 2. The van der Waals surface area contributed by atoms with Gasteiger partial charge in [0.05, 0.1) is 0 Å². The molecule has 1 aromatic heterocycles. The first-order valence-corrected chi connectivity index (χ1v) is 10.2. The number of amides is 2. The molecule has 2 heterocycles. The molecule has 1 saturated heterocycles. The summed E-state index contributed by atoms with van der Waals surface area (Å²) in [4.78, 5) is 27.3. The van der Waals surface area contributed by atoms with Crippen molar-refractivity contribution >= 4 is 11.8 Å². The van der Waals surface area contributed by atoms with E-state index in [0.717, 1.165) is 0 Å². The molecule has 1 aliphatic heterocycles. The van der Waals surface area contributed by atoms with E-state index in [9.17, 15) is 14.0 Å². The van der Waals surface area contributed by atoms with Gasteiger partial charge in [-0.15, -0.1) is 0 Å². The highest BCUT2D eigenvalue weighted by molar-refractivity contribution is 5.97. The first-order chi connectivity index (χ1) is 14.2. The van der Waals surface area contributed by atoms with Gasteiger partial charge in [-0.3, -0.25) is 9.59 Å². The molecule has 0 bridgehead atoms. The van der Waals surface area contributed by atoms with Crippen molar-refractivity contribution in [1.82, 2.24) is 15.4 Å². The number of aromatic nitrogens is 1. The summed E-state index contributed by atoms with van der Waals surface area (Å²) >= 11 is 0. The largest absolute Gasteiger partial charge is 0.352 e. The molecule has 0 spiro atoms. The zero-order chi connectivity index (χ0) is 22.0. The van der Waals surface area contributed by atoms with E-state index in [-0.39, 0.29) is 35.7 Å². The van der Waals surface area contributed by atoms with Crippen LogP contribution >= 0.6 is 0 Å². The van der Waals surface area contributed by atoms with Crippen LogP contribution in [0.2, 0.25) is 0 Å². The van der Waals surface area contributed by atoms with Crippen LogP contribution in [-0.2, 0) is 4.79 Å². The smallest absolute Gasteiger partial charge is 0.279 e. The van der Waals surface area contributed by atoms with Crippen molar-refractivity contribution in [1.29, 1.82) is 0 Å². The Morgan fingerprint density at radius 3 is 2.40 bits per heavy atom. The molecular weight excluding hydrogens is 392 g/mol. The van der Waals surface area contributed by atoms with Crippen LogP contribution < -0.4 is 5.32 Å². The molecule has 162 valence electrons. The third-order valence-corrected chi connectivity index (χ3v) is 5.10. The molecular formula is C22H27F2N3O3. The standard InChI is InChI=1S/C22H27F2N3O3/c1-12(2)9-16-11-27(17(10-13(3)4)21(28)25-16)22(29)19-18(24)20(30-26-19)14-5-7-15(23)8-6-14/h5-8,12-13,16-17H,9-11H2,1-4H3,(H,25,28). The van der Waals surface area contributed by atoms with E-state index in [1.54, 1.807) is 0 Å². The van der Waals surface area contributed by atoms with Crippen LogP contribution in [0.3, 0.4) is 0 Å². The first kappa shape index (κ1) is 21.9. The monoisotopic (exact) mass is 419 g/mol. The van der Waals surface area contributed by atoms with E-state index >= 15 is 4.39 Å². The van der Waals surface area contributed by atoms with E-state index < -0.39 is 29.3 Å². The summed E-state index contributed by atoms with van der Waals surface area (Å²) in [6.07, 6.45) is 1.16. The molecule has 3 rings (SSSR count). The highest BCUT2D eigenvalue weighted by atomic mass is 19.1. The predicted octanol–water partition coefficient (Wildman–Crippen LogP) is 4.02. The van der Waals surface area contributed by atoms with E-state index in [0.29, 0.717) is 18.8 Å². The van der Waals surface area contributed by atoms with Crippen LogP contribution in [0.5, 0.6) is 0 Å². The molecule has 0 saturated carbocycles. The molecule has 6 nitrogen and oxygen atoms in total. The first-order valence-electron chi connectivity index (χ1n) is 10.2. The fourth-order valence-corrected chi connectivity index (χ4v) is 3.79. The Balaban J connectivity index is 1.91. The molecule has 8 heteroatoms. The van der Waals surface area contributed by atoms with Gasteiger partial charge in [0.1, 0.15) is 11.9 Å². The Hall–Kier alpha value is -2.77. The minimum Gasteiger partial charge on any atom is -0.352 e. The van der Waals surface area contributed by atoms with Crippen molar-refractivity contribution in [2.24, 2.45) is 11.8 Å². The molecule has 1 fully saturated rings. The average Bonchev–Trinajstić information content (AvgIpc) is 3.04. The Morgan fingerprint density at radius 1 is 1.17 bits per heavy atom. The third-order valence-electron chi connectivity index (χ3n) is 5.10. The van der Waals surface area contributed by atoms with E-state index in [2.05, 4.69) is 10.5 Å². The summed E-state index contributed by atoms with van der Waals surface area (Å²) in [6, 6.07) is 4.12. The number of hydrogen-bond donors (Lipinski definition) is 1. The Kier molecular flexibility index (Phi) is 6.53. The molecule has 0 radical (unpaired) electrons. The third kappa shape index (κ3) is 4.68. The van der Waals surface area contributed by atoms with E-state index in [1.807, 2.05) is 27.7 Å². The maximum absolute atomic E-state index is 15.0. The van der Waals surface area contributed by atoms with Crippen molar-refractivity contribution in [2.75, 3.05) is 6.54 Å². The molecule has 1 aromatic carbocycles. The van der Waals surface area contributed by atoms with Crippen molar-refractivity contribution in [3.05, 3.63) is 41.6 Å². The number of hydrogen-bond acceptors (Lipinski definition) is 4. The lowest BCUT2D eigenvalue weighted by molar-refractivity contribution is -0.130. The molecule has 2 unspecified atom stereocenters. The van der Waals surface area contributed by atoms with Crippen molar-refractivity contribution < 1.29 is 22.9 Å². The van der Waals surface area contributed by atoms with Gasteiger partial charge in [-0.2, -0.15) is 4.39 Å². The molecule has 0 aliphatic carbocycles. The summed E-state index contributed by atoms with van der Waals surface area (Å²) in [5.74, 6) is -2.06. The molecule has 2 aromatic rings. The summed E-state index contributed by atoms with van der Waals surface area (Å²) in [6.45, 7) is 8.26. The second-order valence-corrected chi connectivity index (χ2v) is 8.62. The Labute approximate surface area is 174 Å². The maximum atomic E-state index is 15.0. The van der Waals surface area contributed by atoms with Crippen LogP contribution in [0.15, 0.2) is 28.8 Å². The Bertz CT molecular complexity index is 909. The van der Waals surface area contributed by atoms with Crippen molar-refractivity contribution in [3.8, 4) is 11.3 Å². The van der Waals surface area contributed by atoms with Crippen LogP contribution in [-0.4, -0.2) is 40.5 Å². The summed E-state index contributed by atoms with van der Waals surface area (Å²) in [7, 11) is 0. The fraction of sp³-hybridized carbons (Fsp3) is 0.500. The molecule has 30 heavy (non-hydrogen) atoms. The second kappa shape index (κ2) is 8.93. The second-order valence-electron chi connectivity index (χ2n) is 8.62. The molecule has 2 amide bonds. The van der Waals surface area contributed by atoms with Crippen LogP contribution in [0.1, 0.15) is 51.0 Å². The van der Waals surface area contributed by atoms with Gasteiger partial charge in [0.15, 0.2) is 0 Å². The number of carbonyl (C=O) groups excluding carboxylic acids is 2. The van der Waals surface area contributed by atoms with E-state index in [4.69, 9.17) is 4.52 Å². The van der Waals surface area contributed by atoms with Gasteiger partial charge in [0, 0.05) is 18.2 Å². The molecule has 2 atom stereocenters. The summed E-state index contributed by atoms with van der Waals surface area (Å²) in [5, 5.41) is 6.63. The van der Waals surface area contributed by atoms with Gasteiger partial charge < -0.3 is 14.7 Å². The lowest BCUT2D eigenvalue weighted by Crippen LogP contribution is -2.62. The SMILES string of the molecule is CC(C)CC1CN(C(=O)c2noc(-c3ccc(F)cc3)c2F)C(CC(C)C)C(=O)N1. The number of nitrogens with one attached hydrogen (secondary N) is 1. The van der Waals surface area contributed by atoms with Gasteiger partial charge in [-0.1, -0.05) is 32.9 Å². The van der Waals surface area contributed by atoms with Crippen molar-refractivity contribution in [2.45, 2.75) is 52.6 Å². The average molecular weight is 419 g/mol. The maximum Gasteiger partial charge on any atom is 0.279 e. The van der Waals surface area contributed by atoms with Gasteiger partial charge in [0.2, 0.25) is 23.2 Å². The number of rotatable bonds is 6. The lowest BCUT2D eigenvalue weighted by atomic mass is 9.94. The normalized spacial score (nSPS) is 19.5. The van der Waals surface area contributed by atoms with Crippen LogP contribution in [0, 0.1) is 23.5 Å². The zero-order valence-corrected chi connectivity index (χ0v) is 17.6. The van der Waals surface area contributed by atoms with Gasteiger partial charge in [0.25, 0.3) is 5.91 Å². The zero-order valence-electron chi connectivity index (χ0n) is 17.6. The lowest BCUT2D eigenvalue weighted by Gasteiger charge is -2.40. The number of benzene rings is 1. The van der Waals surface area contributed by atoms with Gasteiger partial charge in [-0.05, 0) is 48.9 Å². The van der Waals surface area contributed by atoms with Crippen LogP contribution in [0.25, 0.3) is 11.3 Å². The van der Waals surface area contributed by atoms with Gasteiger partial charge in [-0.25, -0.2) is 4.39 Å². The van der Waals surface area contributed by atoms with Crippen LogP contribution in [0.4, 0.5) is 8.78 Å². The summed E-state index contributed by atoms with van der Waals surface area (Å²) in [5.41, 5.74) is -0.200. The highest BCUT2D eigenvalue weighted by Gasteiger charge is 2.40. The predicted molar refractivity (Wildman–Crippen MR) is 108 cm³/mol. The minimum absolute atomic E-state index is 0.162. The number of piperazine rings is 1. The quantitative estimate of drug-likeness (QED) is 0.767. The van der Waals surface area contributed by atoms with E-state index in [1.165, 1.54) is 29.2 Å². The number of halogens is 2. The fourth-order valence-electron chi connectivity index (χ4n) is 3.79. The minimum atomic E-state index is -0.915. The summed E-state index contributed by atoms with van der Waals surface area (Å²) < 4.78 is 33.2. The topological polar surface area (TPSA) is 75.4 Å². The Morgan fingerprint density at radius 2 is 1.80 bits per heavy atom. The number of carbonyl (C=O) groups is 2. The van der Waals surface area contributed by atoms with Gasteiger partial charge >= 0.3 is 0 Å². The highest BCUT2D eigenvalue weighted by Crippen LogP contribution is 2.28. The molecule has 1 N–H and O–H groups in total. The molecule has 1 aliphatic rings. The van der Waals surface area contributed by atoms with Crippen molar-refractivity contribution in [3.63, 3.8) is 0 Å².